The molecule has 0 aliphatic carbocycles. The molecule has 0 saturated heterocycles. The lowest BCUT2D eigenvalue weighted by Crippen LogP contribution is -2.34. The van der Waals surface area contributed by atoms with Crippen molar-refractivity contribution >= 4 is 10.9 Å². The number of halogens is 1. The van der Waals surface area contributed by atoms with Crippen molar-refractivity contribution in [3.8, 4) is 0 Å². The third-order valence-electron chi connectivity index (χ3n) is 6.91. The van der Waals surface area contributed by atoms with Gasteiger partial charge in [0, 0.05) is 17.6 Å². The molecule has 3 aromatic heterocycles. The summed E-state index contributed by atoms with van der Waals surface area (Å²) < 4.78 is 21.2. The molecule has 1 N–H and O–H groups in total. The van der Waals surface area contributed by atoms with Crippen molar-refractivity contribution in [2.24, 2.45) is 0 Å². The molecule has 3 heterocycles. The number of tetrazole rings is 1. The molecule has 0 saturated carbocycles. The smallest absolute Gasteiger partial charge is 0.253 e. The first-order chi connectivity index (χ1) is 19.5. The van der Waals surface area contributed by atoms with Crippen molar-refractivity contribution in [1.82, 2.24) is 30.1 Å². The maximum atomic E-state index is 13.8. The predicted molar refractivity (Wildman–Crippen MR) is 149 cm³/mol. The molecule has 0 aliphatic rings. The fourth-order valence-corrected chi connectivity index (χ4v) is 4.98. The summed E-state index contributed by atoms with van der Waals surface area (Å²) in [6.45, 7) is 3.16. The highest BCUT2D eigenvalue weighted by Gasteiger charge is 2.31. The topological polar surface area (TPSA) is 92.8 Å². The van der Waals surface area contributed by atoms with Gasteiger partial charge in [-0.3, -0.25) is 9.69 Å². The number of aromatic amines is 1. The summed E-state index contributed by atoms with van der Waals surface area (Å²) in [5, 5.41) is 13.7. The summed E-state index contributed by atoms with van der Waals surface area (Å²) in [7, 11) is 0. The van der Waals surface area contributed by atoms with Gasteiger partial charge in [-0.25, -0.2) is 9.07 Å². The van der Waals surface area contributed by atoms with Crippen LogP contribution < -0.4 is 5.56 Å². The van der Waals surface area contributed by atoms with Gasteiger partial charge in [-0.2, -0.15) is 0 Å². The van der Waals surface area contributed by atoms with Crippen molar-refractivity contribution in [1.29, 1.82) is 0 Å². The van der Waals surface area contributed by atoms with E-state index in [1.807, 2.05) is 73.7 Å². The number of rotatable bonds is 9. The Morgan fingerprint density at radius 1 is 0.950 bits per heavy atom. The van der Waals surface area contributed by atoms with Gasteiger partial charge in [0.25, 0.3) is 5.56 Å². The second kappa shape index (κ2) is 11.1. The van der Waals surface area contributed by atoms with Crippen molar-refractivity contribution in [2.45, 2.75) is 32.6 Å². The van der Waals surface area contributed by atoms with E-state index in [4.69, 9.17) is 4.42 Å². The van der Waals surface area contributed by atoms with Crippen LogP contribution in [0.4, 0.5) is 4.39 Å². The van der Waals surface area contributed by atoms with Crippen molar-refractivity contribution in [3.05, 3.63) is 147 Å². The Morgan fingerprint density at radius 2 is 1.77 bits per heavy atom. The summed E-state index contributed by atoms with van der Waals surface area (Å²) in [4.78, 5) is 18.9. The summed E-state index contributed by atoms with van der Waals surface area (Å²) >= 11 is 0. The van der Waals surface area contributed by atoms with Gasteiger partial charge in [0.2, 0.25) is 0 Å². The van der Waals surface area contributed by atoms with Crippen LogP contribution in [-0.2, 0) is 19.6 Å². The molecule has 0 amide bonds. The van der Waals surface area contributed by atoms with Crippen LogP contribution in [0.15, 0.2) is 106 Å². The second-order valence-corrected chi connectivity index (χ2v) is 9.84. The van der Waals surface area contributed by atoms with E-state index in [0.717, 1.165) is 27.6 Å². The number of fused-ring (bicyclic) bond motifs is 1. The number of H-pyrrole nitrogens is 1. The number of furan rings is 1. The molecule has 0 spiro atoms. The molecule has 40 heavy (non-hydrogen) atoms. The summed E-state index contributed by atoms with van der Waals surface area (Å²) in [5.74, 6) is 0.905. The van der Waals surface area contributed by atoms with Gasteiger partial charge < -0.3 is 9.40 Å². The van der Waals surface area contributed by atoms with Gasteiger partial charge in [-0.1, -0.05) is 54.6 Å². The Hall–Kier alpha value is -4.89. The van der Waals surface area contributed by atoms with E-state index in [-0.39, 0.29) is 11.4 Å². The van der Waals surface area contributed by atoms with Gasteiger partial charge >= 0.3 is 0 Å². The molecule has 9 heteroatoms. The van der Waals surface area contributed by atoms with Crippen LogP contribution >= 0.6 is 0 Å². The normalized spacial score (nSPS) is 12.3. The Labute approximate surface area is 229 Å². The maximum Gasteiger partial charge on any atom is 0.253 e. The number of hydrogen-bond donors (Lipinski definition) is 1. The van der Waals surface area contributed by atoms with Crippen molar-refractivity contribution < 1.29 is 8.81 Å². The average molecular weight is 535 g/mol. The standard InChI is InChI=1S/C31H27FN6O2/c1-21-9-12-24-17-27(31(39)33-28(24)16-21)29(30-34-35-36-38(30)19-22-6-3-2-4-7-22)37(20-26-8-5-15-40-26)18-23-10-13-25(32)14-11-23/h2-17,29H,18-20H2,1H3,(H,33,39). The lowest BCUT2D eigenvalue weighted by molar-refractivity contribution is 0.179. The monoisotopic (exact) mass is 534 g/mol. The Morgan fingerprint density at radius 3 is 2.55 bits per heavy atom. The molecule has 6 aromatic rings. The number of pyridine rings is 1. The lowest BCUT2D eigenvalue weighted by atomic mass is 10.0. The quantitative estimate of drug-likeness (QED) is 0.267. The minimum absolute atomic E-state index is 0.235. The number of nitrogens with zero attached hydrogens (tertiary/aromatic N) is 5. The second-order valence-electron chi connectivity index (χ2n) is 9.84. The van der Waals surface area contributed by atoms with Gasteiger partial charge in [-0.05, 0) is 75.8 Å². The van der Waals surface area contributed by atoms with Gasteiger partial charge in [0.05, 0.1) is 19.4 Å². The van der Waals surface area contributed by atoms with E-state index in [2.05, 4.69) is 25.4 Å². The zero-order chi connectivity index (χ0) is 27.5. The zero-order valence-corrected chi connectivity index (χ0v) is 21.9. The molecule has 8 nitrogen and oxygen atoms in total. The van der Waals surface area contributed by atoms with Crippen LogP contribution in [0.5, 0.6) is 0 Å². The Balaban J connectivity index is 1.52. The minimum atomic E-state index is -0.650. The number of nitrogens with one attached hydrogen (secondary N) is 1. The molecule has 0 bridgehead atoms. The van der Waals surface area contributed by atoms with E-state index < -0.39 is 6.04 Å². The fourth-order valence-electron chi connectivity index (χ4n) is 4.98. The molecule has 200 valence electrons. The molecular formula is C31H27FN6O2. The zero-order valence-electron chi connectivity index (χ0n) is 21.9. The van der Waals surface area contributed by atoms with E-state index in [0.29, 0.717) is 36.8 Å². The third-order valence-corrected chi connectivity index (χ3v) is 6.91. The fraction of sp³-hybridized carbons (Fsp3) is 0.161. The Kier molecular flexibility index (Phi) is 7.03. The van der Waals surface area contributed by atoms with Crippen LogP contribution in [0.1, 0.15) is 39.9 Å². The molecule has 6 rings (SSSR count). The molecule has 0 fully saturated rings. The highest BCUT2D eigenvalue weighted by molar-refractivity contribution is 5.79. The van der Waals surface area contributed by atoms with Gasteiger partial charge in [-0.15, -0.1) is 5.10 Å². The lowest BCUT2D eigenvalue weighted by Gasteiger charge is -2.30. The highest BCUT2D eigenvalue weighted by atomic mass is 19.1. The average Bonchev–Trinajstić information content (AvgIpc) is 3.63. The van der Waals surface area contributed by atoms with Crippen LogP contribution in [0, 0.1) is 12.7 Å². The van der Waals surface area contributed by atoms with Crippen LogP contribution in [0.3, 0.4) is 0 Å². The molecule has 1 atom stereocenters. The first kappa shape index (κ1) is 25.4. The summed E-state index contributed by atoms with van der Waals surface area (Å²) in [6.07, 6.45) is 1.62. The van der Waals surface area contributed by atoms with Gasteiger partial charge in [0.1, 0.15) is 17.6 Å². The first-order valence-corrected chi connectivity index (χ1v) is 13.0. The Bertz CT molecular complexity index is 1780. The van der Waals surface area contributed by atoms with E-state index >= 15 is 0 Å². The van der Waals surface area contributed by atoms with Gasteiger partial charge in [0.15, 0.2) is 5.82 Å². The predicted octanol–water partition coefficient (Wildman–Crippen LogP) is 5.40. The van der Waals surface area contributed by atoms with Crippen LogP contribution in [0.2, 0.25) is 0 Å². The SMILES string of the molecule is Cc1ccc2cc(C(c3nnnn3Cc3ccccc3)N(Cc3ccc(F)cc3)Cc3ccco3)c(=O)[nH]c2c1. The molecule has 3 aromatic carbocycles. The number of benzene rings is 3. The van der Waals surface area contributed by atoms with Crippen LogP contribution in [0.25, 0.3) is 10.9 Å². The first-order valence-electron chi connectivity index (χ1n) is 13.0. The largest absolute Gasteiger partial charge is 0.468 e. The molecule has 1 unspecified atom stereocenters. The number of aryl methyl sites for hydroxylation is 1. The highest BCUT2D eigenvalue weighted by Crippen LogP contribution is 2.30. The summed E-state index contributed by atoms with van der Waals surface area (Å²) in [5.41, 5.74) is 3.96. The summed E-state index contributed by atoms with van der Waals surface area (Å²) in [6, 6.07) is 27.1. The van der Waals surface area contributed by atoms with Crippen molar-refractivity contribution in [2.75, 3.05) is 0 Å². The number of aromatic nitrogens is 5. The molecule has 0 radical (unpaired) electrons. The maximum absolute atomic E-state index is 13.8. The molecular weight excluding hydrogens is 507 g/mol. The van der Waals surface area contributed by atoms with E-state index in [9.17, 15) is 9.18 Å². The van der Waals surface area contributed by atoms with Crippen molar-refractivity contribution in [3.63, 3.8) is 0 Å². The third kappa shape index (κ3) is 5.45. The minimum Gasteiger partial charge on any atom is -0.468 e. The van der Waals surface area contributed by atoms with E-state index in [1.165, 1.54) is 12.1 Å². The van der Waals surface area contributed by atoms with E-state index in [1.54, 1.807) is 23.1 Å². The number of hydrogen-bond acceptors (Lipinski definition) is 6. The van der Waals surface area contributed by atoms with Crippen LogP contribution in [-0.4, -0.2) is 30.1 Å². The molecule has 0 aliphatic heterocycles.